The van der Waals surface area contributed by atoms with E-state index in [1.807, 2.05) is 30.2 Å². The molecule has 1 N–H and O–H groups in total. The third-order valence-electron chi connectivity index (χ3n) is 3.16. The Morgan fingerprint density at radius 2 is 2.17 bits per heavy atom. The Kier molecular flexibility index (Phi) is 4.10. The Labute approximate surface area is 108 Å². The van der Waals surface area contributed by atoms with Gasteiger partial charge in [0.1, 0.15) is 0 Å². The van der Waals surface area contributed by atoms with Gasteiger partial charge < -0.3 is 5.32 Å². The average Bonchev–Trinajstić information content (AvgIpc) is 2.73. The summed E-state index contributed by atoms with van der Waals surface area (Å²) in [6.45, 7) is 5.90. The highest BCUT2D eigenvalue weighted by Gasteiger charge is 2.03. The van der Waals surface area contributed by atoms with E-state index in [4.69, 9.17) is 0 Å². The fraction of sp³-hybridized carbons (Fsp3) is 0.429. The van der Waals surface area contributed by atoms with E-state index in [1.54, 1.807) is 0 Å². The number of aromatic nitrogens is 3. The lowest BCUT2D eigenvalue weighted by atomic mass is 10.1. The number of hydrogen-bond donors (Lipinski definition) is 1. The van der Waals surface area contributed by atoms with Crippen molar-refractivity contribution < 1.29 is 0 Å². The molecule has 2 rings (SSSR count). The second kappa shape index (κ2) is 5.78. The SMILES string of the molecule is CCc1cc(CNCc2cnccc2C)n(C)n1. The zero-order valence-electron chi connectivity index (χ0n) is 11.3. The second-order valence-corrected chi connectivity index (χ2v) is 4.51. The van der Waals surface area contributed by atoms with Crippen LogP contribution in [0.3, 0.4) is 0 Å². The van der Waals surface area contributed by atoms with Gasteiger partial charge in [-0.2, -0.15) is 5.10 Å². The van der Waals surface area contributed by atoms with Crippen molar-refractivity contribution in [2.75, 3.05) is 0 Å². The molecule has 0 aliphatic carbocycles. The normalized spacial score (nSPS) is 10.8. The number of nitrogens with zero attached hydrogens (tertiary/aromatic N) is 3. The van der Waals surface area contributed by atoms with Crippen LogP contribution in [0.5, 0.6) is 0 Å². The van der Waals surface area contributed by atoms with Crippen LogP contribution in [0, 0.1) is 6.92 Å². The van der Waals surface area contributed by atoms with E-state index in [0.29, 0.717) is 0 Å². The highest BCUT2D eigenvalue weighted by Crippen LogP contribution is 2.06. The van der Waals surface area contributed by atoms with Crippen LogP contribution in [-0.2, 0) is 26.6 Å². The smallest absolute Gasteiger partial charge is 0.0625 e. The average molecular weight is 244 g/mol. The quantitative estimate of drug-likeness (QED) is 0.874. The van der Waals surface area contributed by atoms with Crippen LogP contribution in [0.15, 0.2) is 24.5 Å². The Hall–Kier alpha value is -1.68. The predicted octanol–water partition coefficient (Wildman–Crippen LogP) is 1.98. The Balaban J connectivity index is 1.92. The monoisotopic (exact) mass is 244 g/mol. The van der Waals surface area contributed by atoms with Crippen molar-refractivity contribution in [3.05, 3.63) is 47.0 Å². The molecular formula is C14H20N4. The molecule has 18 heavy (non-hydrogen) atoms. The molecule has 0 atom stereocenters. The van der Waals surface area contributed by atoms with Crippen LogP contribution in [0.2, 0.25) is 0 Å². The molecule has 0 amide bonds. The predicted molar refractivity (Wildman–Crippen MR) is 72.1 cm³/mol. The van der Waals surface area contributed by atoms with E-state index in [9.17, 15) is 0 Å². The minimum absolute atomic E-state index is 0.831. The molecule has 0 aromatic carbocycles. The van der Waals surface area contributed by atoms with Crippen LogP contribution in [0.25, 0.3) is 0 Å². The van der Waals surface area contributed by atoms with Gasteiger partial charge in [0.05, 0.1) is 11.4 Å². The van der Waals surface area contributed by atoms with E-state index in [0.717, 1.165) is 25.2 Å². The largest absolute Gasteiger partial charge is 0.307 e. The van der Waals surface area contributed by atoms with Crippen LogP contribution in [0.1, 0.15) is 29.4 Å². The molecule has 0 saturated heterocycles. The standard InChI is InChI=1S/C14H20N4/c1-4-13-7-14(18(3)17-13)10-16-9-12-8-15-6-5-11(12)2/h5-8,16H,4,9-10H2,1-3H3. The summed E-state index contributed by atoms with van der Waals surface area (Å²) < 4.78 is 1.95. The number of aryl methyl sites for hydroxylation is 3. The number of pyridine rings is 1. The Morgan fingerprint density at radius 1 is 1.33 bits per heavy atom. The fourth-order valence-corrected chi connectivity index (χ4v) is 1.92. The summed E-state index contributed by atoms with van der Waals surface area (Å²) in [5.41, 5.74) is 4.88. The van der Waals surface area contributed by atoms with Crippen molar-refractivity contribution in [1.82, 2.24) is 20.1 Å². The maximum absolute atomic E-state index is 4.44. The van der Waals surface area contributed by atoms with Crippen LogP contribution < -0.4 is 5.32 Å². The van der Waals surface area contributed by atoms with E-state index in [2.05, 4.69) is 35.3 Å². The molecule has 0 saturated carbocycles. The summed E-state index contributed by atoms with van der Waals surface area (Å²) >= 11 is 0. The third kappa shape index (κ3) is 2.96. The first-order valence-electron chi connectivity index (χ1n) is 6.32. The van der Waals surface area contributed by atoms with Crippen molar-refractivity contribution in [2.45, 2.75) is 33.4 Å². The first-order chi connectivity index (χ1) is 8.70. The van der Waals surface area contributed by atoms with Crippen LogP contribution >= 0.6 is 0 Å². The van der Waals surface area contributed by atoms with E-state index >= 15 is 0 Å². The lowest BCUT2D eigenvalue weighted by Crippen LogP contribution is -2.16. The summed E-state index contributed by atoms with van der Waals surface area (Å²) in [6, 6.07) is 4.19. The number of hydrogen-bond acceptors (Lipinski definition) is 3. The van der Waals surface area contributed by atoms with Crippen molar-refractivity contribution in [2.24, 2.45) is 7.05 Å². The van der Waals surface area contributed by atoms with Gasteiger partial charge in [0.25, 0.3) is 0 Å². The van der Waals surface area contributed by atoms with Gasteiger partial charge in [-0.05, 0) is 36.6 Å². The maximum atomic E-state index is 4.44. The fourth-order valence-electron chi connectivity index (χ4n) is 1.92. The van der Waals surface area contributed by atoms with Crippen molar-refractivity contribution >= 4 is 0 Å². The zero-order chi connectivity index (χ0) is 13.0. The molecule has 0 aliphatic rings. The first kappa shape index (κ1) is 12.8. The highest BCUT2D eigenvalue weighted by molar-refractivity contribution is 5.21. The maximum Gasteiger partial charge on any atom is 0.0625 e. The molecule has 4 heteroatoms. The number of rotatable bonds is 5. The molecular weight excluding hydrogens is 224 g/mol. The van der Waals surface area contributed by atoms with Gasteiger partial charge in [0.15, 0.2) is 0 Å². The molecule has 0 aliphatic heterocycles. The summed E-state index contributed by atoms with van der Waals surface area (Å²) in [5.74, 6) is 0. The summed E-state index contributed by atoms with van der Waals surface area (Å²) in [5, 5.41) is 7.87. The van der Waals surface area contributed by atoms with Crippen molar-refractivity contribution in [3.8, 4) is 0 Å². The summed E-state index contributed by atoms with van der Waals surface area (Å²) in [7, 11) is 1.99. The first-order valence-corrected chi connectivity index (χ1v) is 6.32. The third-order valence-corrected chi connectivity index (χ3v) is 3.16. The zero-order valence-corrected chi connectivity index (χ0v) is 11.3. The minimum Gasteiger partial charge on any atom is -0.307 e. The lowest BCUT2D eigenvalue weighted by Gasteiger charge is -2.07. The topological polar surface area (TPSA) is 42.7 Å². The van der Waals surface area contributed by atoms with Gasteiger partial charge in [-0.15, -0.1) is 0 Å². The lowest BCUT2D eigenvalue weighted by molar-refractivity contribution is 0.621. The van der Waals surface area contributed by atoms with Gasteiger partial charge in [-0.1, -0.05) is 6.92 Å². The highest BCUT2D eigenvalue weighted by atomic mass is 15.3. The van der Waals surface area contributed by atoms with E-state index in [-0.39, 0.29) is 0 Å². The van der Waals surface area contributed by atoms with Gasteiger partial charge in [-0.25, -0.2) is 0 Å². The minimum atomic E-state index is 0.831. The Bertz CT molecular complexity index is 516. The van der Waals surface area contributed by atoms with Gasteiger partial charge in [0.2, 0.25) is 0 Å². The molecule has 0 unspecified atom stereocenters. The molecule has 0 bridgehead atoms. The summed E-state index contributed by atoms with van der Waals surface area (Å²) in [6.07, 6.45) is 4.73. The van der Waals surface area contributed by atoms with Gasteiger partial charge in [-0.3, -0.25) is 9.67 Å². The van der Waals surface area contributed by atoms with E-state index in [1.165, 1.54) is 16.8 Å². The summed E-state index contributed by atoms with van der Waals surface area (Å²) in [4.78, 5) is 4.15. The van der Waals surface area contributed by atoms with E-state index < -0.39 is 0 Å². The van der Waals surface area contributed by atoms with Crippen LogP contribution in [0.4, 0.5) is 0 Å². The molecule has 2 heterocycles. The molecule has 0 radical (unpaired) electrons. The molecule has 0 fully saturated rings. The van der Waals surface area contributed by atoms with Crippen LogP contribution in [-0.4, -0.2) is 14.8 Å². The molecule has 2 aromatic rings. The molecule has 96 valence electrons. The number of nitrogens with one attached hydrogen (secondary N) is 1. The van der Waals surface area contributed by atoms with Gasteiger partial charge in [0, 0.05) is 32.5 Å². The molecule has 2 aromatic heterocycles. The van der Waals surface area contributed by atoms with Crippen molar-refractivity contribution in [1.29, 1.82) is 0 Å². The molecule has 4 nitrogen and oxygen atoms in total. The second-order valence-electron chi connectivity index (χ2n) is 4.51. The Morgan fingerprint density at radius 3 is 2.83 bits per heavy atom. The molecule has 0 spiro atoms. The van der Waals surface area contributed by atoms with Crippen molar-refractivity contribution in [3.63, 3.8) is 0 Å². The van der Waals surface area contributed by atoms with Gasteiger partial charge >= 0.3 is 0 Å².